The Kier molecular flexibility index (Phi) is 4.14. The van der Waals surface area contributed by atoms with Gasteiger partial charge in [0.15, 0.2) is 0 Å². The first-order chi connectivity index (χ1) is 9.82. The fourth-order valence-corrected chi connectivity index (χ4v) is 2.42. The monoisotopic (exact) mass is 287 g/mol. The summed E-state index contributed by atoms with van der Waals surface area (Å²) < 4.78 is 2.65. The molecule has 0 saturated carbocycles. The molecule has 0 N–H and O–H groups in total. The predicted octanol–water partition coefficient (Wildman–Crippen LogP) is 1.12. The van der Waals surface area contributed by atoms with E-state index in [2.05, 4.69) is 4.90 Å². The molecule has 21 heavy (non-hydrogen) atoms. The minimum atomic E-state index is -0.300. The molecule has 0 aliphatic heterocycles. The zero-order valence-corrected chi connectivity index (χ0v) is 13.2. The third kappa shape index (κ3) is 2.83. The van der Waals surface area contributed by atoms with Gasteiger partial charge in [-0.3, -0.25) is 9.36 Å². The van der Waals surface area contributed by atoms with Crippen LogP contribution in [0.25, 0.3) is 11.1 Å². The third-order valence-electron chi connectivity index (χ3n) is 3.70. The van der Waals surface area contributed by atoms with E-state index in [9.17, 15) is 9.59 Å². The zero-order chi connectivity index (χ0) is 15.7. The van der Waals surface area contributed by atoms with Crippen LogP contribution in [-0.2, 0) is 20.6 Å². The summed E-state index contributed by atoms with van der Waals surface area (Å²) in [5.41, 5.74) is 2.73. The van der Waals surface area contributed by atoms with Crippen LogP contribution in [0.5, 0.6) is 0 Å². The second-order valence-corrected chi connectivity index (χ2v) is 5.60. The van der Waals surface area contributed by atoms with Gasteiger partial charge in [-0.05, 0) is 32.1 Å². The second kappa shape index (κ2) is 5.69. The quantitative estimate of drug-likeness (QED) is 0.850. The molecule has 0 spiro atoms. The summed E-state index contributed by atoms with van der Waals surface area (Å²) in [7, 11) is 7.22. The molecule has 0 fully saturated rings. The number of hydrogen-bond donors (Lipinski definition) is 0. The highest BCUT2D eigenvalue weighted by molar-refractivity contribution is 5.65. The molecular weight excluding hydrogens is 266 g/mol. The Morgan fingerprint density at radius 2 is 1.57 bits per heavy atom. The molecule has 5 nitrogen and oxygen atoms in total. The van der Waals surface area contributed by atoms with E-state index in [0.29, 0.717) is 11.3 Å². The van der Waals surface area contributed by atoms with Crippen molar-refractivity contribution in [2.45, 2.75) is 13.5 Å². The Morgan fingerprint density at radius 1 is 1.00 bits per heavy atom. The van der Waals surface area contributed by atoms with Crippen LogP contribution in [-0.4, -0.2) is 28.1 Å². The Labute approximate surface area is 124 Å². The van der Waals surface area contributed by atoms with Gasteiger partial charge < -0.3 is 9.47 Å². The van der Waals surface area contributed by atoms with Crippen molar-refractivity contribution >= 4 is 0 Å². The molecule has 0 bridgehead atoms. The van der Waals surface area contributed by atoms with Crippen molar-refractivity contribution < 1.29 is 0 Å². The van der Waals surface area contributed by atoms with E-state index < -0.39 is 0 Å². The van der Waals surface area contributed by atoms with Crippen molar-refractivity contribution in [3.63, 3.8) is 0 Å². The topological polar surface area (TPSA) is 47.2 Å². The normalized spacial score (nSPS) is 11.1. The number of aromatic nitrogens is 2. The first kappa shape index (κ1) is 15.3. The van der Waals surface area contributed by atoms with E-state index in [-0.39, 0.29) is 11.2 Å². The van der Waals surface area contributed by atoms with Crippen LogP contribution in [0.1, 0.15) is 11.3 Å². The molecular formula is C16H21N3O2. The Morgan fingerprint density at radius 3 is 2.10 bits per heavy atom. The van der Waals surface area contributed by atoms with Gasteiger partial charge in [-0.2, -0.15) is 0 Å². The third-order valence-corrected chi connectivity index (χ3v) is 3.70. The standard InChI is InChI=1S/C16H21N3O2/c1-11-14(15(20)19(5)16(21)18(11)4)13-8-6-12(7-9-13)10-17(2)3/h6-9H,10H2,1-5H3. The van der Waals surface area contributed by atoms with Crippen LogP contribution < -0.4 is 11.2 Å². The Hall–Kier alpha value is -2.14. The summed E-state index contributed by atoms with van der Waals surface area (Å²) in [6.07, 6.45) is 0. The van der Waals surface area contributed by atoms with E-state index in [0.717, 1.165) is 16.7 Å². The fraction of sp³-hybridized carbons (Fsp3) is 0.375. The first-order valence-electron chi connectivity index (χ1n) is 6.83. The van der Waals surface area contributed by atoms with Crippen molar-refractivity contribution in [1.82, 2.24) is 14.0 Å². The van der Waals surface area contributed by atoms with Crippen molar-refractivity contribution in [3.8, 4) is 11.1 Å². The average molecular weight is 287 g/mol. The summed E-state index contributed by atoms with van der Waals surface area (Å²) in [6.45, 7) is 2.65. The number of benzene rings is 1. The predicted molar refractivity (Wildman–Crippen MR) is 84.5 cm³/mol. The highest BCUT2D eigenvalue weighted by Crippen LogP contribution is 2.19. The SMILES string of the molecule is Cc1c(-c2ccc(CN(C)C)cc2)c(=O)n(C)c(=O)n1C. The maximum absolute atomic E-state index is 12.4. The lowest BCUT2D eigenvalue weighted by Crippen LogP contribution is -2.39. The summed E-state index contributed by atoms with van der Waals surface area (Å²) >= 11 is 0. The van der Waals surface area contributed by atoms with Crippen LogP contribution in [0.3, 0.4) is 0 Å². The van der Waals surface area contributed by atoms with Crippen molar-refractivity contribution in [1.29, 1.82) is 0 Å². The lowest BCUT2D eigenvalue weighted by atomic mass is 10.0. The number of hydrogen-bond acceptors (Lipinski definition) is 3. The van der Waals surface area contributed by atoms with Crippen LogP contribution in [0.15, 0.2) is 33.9 Å². The maximum Gasteiger partial charge on any atom is 0.330 e. The molecule has 2 aromatic rings. The maximum atomic E-state index is 12.4. The van der Waals surface area contributed by atoms with Crippen LogP contribution >= 0.6 is 0 Å². The average Bonchev–Trinajstić information content (AvgIpc) is 2.44. The van der Waals surface area contributed by atoms with Gasteiger partial charge in [-0.1, -0.05) is 24.3 Å². The van der Waals surface area contributed by atoms with E-state index >= 15 is 0 Å². The second-order valence-electron chi connectivity index (χ2n) is 5.60. The molecule has 0 amide bonds. The molecule has 112 valence electrons. The highest BCUT2D eigenvalue weighted by Gasteiger charge is 2.13. The number of nitrogens with zero attached hydrogens (tertiary/aromatic N) is 3. The van der Waals surface area contributed by atoms with Gasteiger partial charge in [-0.25, -0.2) is 4.79 Å². The summed E-state index contributed by atoms with van der Waals surface area (Å²) in [5.74, 6) is 0. The van der Waals surface area contributed by atoms with Crippen LogP contribution in [0, 0.1) is 6.92 Å². The minimum Gasteiger partial charge on any atom is -0.305 e. The first-order valence-corrected chi connectivity index (χ1v) is 6.83. The molecule has 0 unspecified atom stereocenters. The van der Waals surface area contributed by atoms with Crippen molar-refractivity contribution in [3.05, 3.63) is 56.4 Å². The van der Waals surface area contributed by atoms with Gasteiger partial charge >= 0.3 is 5.69 Å². The van der Waals surface area contributed by atoms with E-state index in [1.807, 2.05) is 38.4 Å². The Bertz CT molecular complexity index is 768. The minimum absolute atomic E-state index is 0.254. The molecule has 0 atom stereocenters. The molecule has 1 aromatic carbocycles. The van der Waals surface area contributed by atoms with Gasteiger partial charge in [0.05, 0.1) is 5.56 Å². The van der Waals surface area contributed by atoms with Gasteiger partial charge in [0.1, 0.15) is 0 Å². The van der Waals surface area contributed by atoms with Gasteiger partial charge in [0, 0.05) is 26.3 Å². The van der Waals surface area contributed by atoms with E-state index in [4.69, 9.17) is 0 Å². The van der Waals surface area contributed by atoms with Gasteiger partial charge in [0.2, 0.25) is 0 Å². The lowest BCUT2D eigenvalue weighted by Gasteiger charge is -2.13. The van der Waals surface area contributed by atoms with Crippen LogP contribution in [0.4, 0.5) is 0 Å². The summed E-state index contributed by atoms with van der Waals surface area (Å²) in [6, 6.07) is 7.90. The smallest absolute Gasteiger partial charge is 0.305 e. The molecule has 1 aromatic heterocycles. The zero-order valence-electron chi connectivity index (χ0n) is 13.2. The lowest BCUT2D eigenvalue weighted by molar-refractivity contribution is 0.402. The molecule has 5 heteroatoms. The molecule has 1 heterocycles. The largest absolute Gasteiger partial charge is 0.330 e. The van der Waals surface area contributed by atoms with Gasteiger partial charge in [0.25, 0.3) is 5.56 Å². The summed E-state index contributed by atoms with van der Waals surface area (Å²) in [4.78, 5) is 26.3. The Balaban J connectivity index is 2.58. The fourth-order valence-electron chi connectivity index (χ4n) is 2.42. The summed E-state index contributed by atoms with van der Waals surface area (Å²) in [5, 5.41) is 0. The molecule has 0 aliphatic carbocycles. The molecule has 0 aliphatic rings. The highest BCUT2D eigenvalue weighted by atomic mass is 16.2. The molecule has 0 radical (unpaired) electrons. The van der Waals surface area contributed by atoms with E-state index in [1.54, 1.807) is 14.0 Å². The molecule has 2 rings (SSSR count). The van der Waals surface area contributed by atoms with Crippen molar-refractivity contribution in [2.24, 2.45) is 14.1 Å². The van der Waals surface area contributed by atoms with Crippen molar-refractivity contribution in [2.75, 3.05) is 14.1 Å². The van der Waals surface area contributed by atoms with Gasteiger partial charge in [-0.15, -0.1) is 0 Å². The van der Waals surface area contributed by atoms with Crippen LogP contribution in [0.2, 0.25) is 0 Å². The molecule has 0 saturated heterocycles. The van der Waals surface area contributed by atoms with E-state index in [1.165, 1.54) is 17.2 Å². The number of rotatable bonds is 3.